The lowest BCUT2D eigenvalue weighted by molar-refractivity contribution is -0.136. The van der Waals surface area contributed by atoms with E-state index in [0.717, 1.165) is 4.88 Å². The molecule has 0 unspecified atom stereocenters. The summed E-state index contributed by atoms with van der Waals surface area (Å²) in [5, 5.41) is 10.9. The number of carbonyl (C=O) groups excluding carboxylic acids is 1. The number of thiophene rings is 1. The lowest BCUT2D eigenvalue weighted by atomic mass is 10.4. The second-order valence-corrected chi connectivity index (χ2v) is 4.10. The summed E-state index contributed by atoms with van der Waals surface area (Å²) in [5.74, 6) is -1.11. The van der Waals surface area contributed by atoms with Crippen LogP contribution in [0.2, 0.25) is 0 Å². The third-order valence-corrected chi connectivity index (χ3v) is 2.59. The fourth-order valence-corrected chi connectivity index (χ4v) is 1.71. The van der Waals surface area contributed by atoms with E-state index >= 15 is 0 Å². The summed E-state index contributed by atoms with van der Waals surface area (Å²) in [4.78, 5) is 23.2. The third-order valence-electron chi connectivity index (χ3n) is 1.59. The van der Waals surface area contributed by atoms with Crippen molar-refractivity contribution >= 4 is 23.2 Å². The molecule has 0 fully saturated rings. The molecule has 4 nitrogen and oxygen atoms in total. The van der Waals surface area contributed by atoms with E-state index in [1.165, 1.54) is 11.3 Å². The maximum Gasteiger partial charge on any atom is 0.305 e. The van der Waals surface area contributed by atoms with E-state index in [1.807, 2.05) is 26.8 Å². The van der Waals surface area contributed by atoms with Gasteiger partial charge in [0.2, 0.25) is 0 Å². The molecular formula is C11H17NO3S. The quantitative estimate of drug-likeness (QED) is 0.852. The molecule has 1 amide bonds. The van der Waals surface area contributed by atoms with Gasteiger partial charge in [0, 0.05) is 11.4 Å². The van der Waals surface area contributed by atoms with Gasteiger partial charge in [0.25, 0.3) is 5.91 Å². The molecule has 0 aliphatic rings. The summed E-state index contributed by atoms with van der Waals surface area (Å²) >= 11 is 1.40. The van der Waals surface area contributed by atoms with Crippen LogP contribution in [0.5, 0.6) is 0 Å². The van der Waals surface area contributed by atoms with Crippen LogP contribution in [0.3, 0.4) is 0 Å². The van der Waals surface area contributed by atoms with Crippen LogP contribution in [0.25, 0.3) is 0 Å². The second-order valence-electron chi connectivity index (χ2n) is 2.81. The van der Waals surface area contributed by atoms with Crippen molar-refractivity contribution in [3.63, 3.8) is 0 Å². The number of hydrogen-bond acceptors (Lipinski definition) is 3. The minimum atomic E-state index is -0.910. The topological polar surface area (TPSA) is 66.4 Å². The van der Waals surface area contributed by atoms with E-state index < -0.39 is 5.97 Å². The summed E-state index contributed by atoms with van der Waals surface area (Å²) in [7, 11) is 0. The molecule has 1 aromatic rings. The smallest absolute Gasteiger partial charge is 0.305 e. The minimum Gasteiger partial charge on any atom is -0.481 e. The molecule has 1 heterocycles. The number of aryl methyl sites for hydroxylation is 1. The van der Waals surface area contributed by atoms with Gasteiger partial charge in [-0.05, 0) is 19.1 Å². The summed E-state index contributed by atoms with van der Waals surface area (Å²) in [6.07, 6.45) is -0.0455. The van der Waals surface area contributed by atoms with E-state index in [2.05, 4.69) is 5.32 Å². The Balaban J connectivity index is 0.00000106. The van der Waals surface area contributed by atoms with Crippen molar-refractivity contribution in [2.24, 2.45) is 0 Å². The van der Waals surface area contributed by atoms with Crippen molar-refractivity contribution in [1.29, 1.82) is 0 Å². The predicted octanol–water partition coefficient (Wildman–Crippen LogP) is 2.29. The van der Waals surface area contributed by atoms with Gasteiger partial charge in [-0.3, -0.25) is 9.59 Å². The van der Waals surface area contributed by atoms with Gasteiger partial charge in [0.05, 0.1) is 11.3 Å². The standard InChI is InChI=1S/C9H11NO3S.C2H6/c1-6-2-3-7(14-6)9(13)10-5-4-8(11)12;1-2/h2-3H,4-5H2,1H3,(H,10,13)(H,11,12);1-2H3. The molecule has 0 spiro atoms. The fraction of sp³-hybridized carbons (Fsp3) is 0.455. The van der Waals surface area contributed by atoms with E-state index in [0.29, 0.717) is 4.88 Å². The van der Waals surface area contributed by atoms with Crippen molar-refractivity contribution in [2.45, 2.75) is 27.2 Å². The van der Waals surface area contributed by atoms with Crippen LogP contribution in [-0.2, 0) is 4.79 Å². The molecule has 1 aromatic heterocycles. The van der Waals surface area contributed by atoms with Gasteiger partial charge in [-0.1, -0.05) is 13.8 Å². The van der Waals surface area contributed by atoms with Crippen LogP contribution in [0.4, 0.5) is 0 Å². The van der Waals surface area contributed by atoms with E-state index in [-0.39, 0.29) is 18.9 Å². The number of amides is 1. The average Bonchev–Trinajstić information content (AvgIpc) is 2.67. The highest BCUT2D eigenvalue weighted by Gasteiger charge is 2.07. The highest BCUT2D eigenvalue weighted by Crippen LogP contribution is 2.14. The summed E-state index contributed by atoms with van der Waals surface area (Å²) in [6.45, 7) is 6.09. The first-order chi connectivity index (χ1) is 7.59. The van der Waals surface area contributed by atoms with Gasteiger partial charge >= 0.3 is 5.97 Å². The van der Waals surface area contributed by atoms with Gasteiger partial charge in [0.15, 0.2) is 0 Å². The zero-order valence-corrected chi connectivity index (χ0v) is 10.6. The van der Waals surface area contributed by atoms with Gasteiger partial charge in [-0.25, -0.2) is 0 Å². The largest absolute Gasteiger partial charge is 0.481 e. The third kappa shape index (κ3) is 5.50. The van der Waals surface area contributed by atoms with Crippen LogP contribution in [0, 0.1) is 6.92 Å². The van der Waals surface area contributed by atoms with Crippen LogP contribution >= 0.6 is 11.3 Å². The molecule has 0 atom stereocenters. The molecule has 2 N–H and O–H groups in total. The lowest BCUT2D eigenvalue weighted by Gasteiger charge is -1.99. The second kappa shape index (κ2) is 7.87. The molecule has 90 valence electrons. The summed E-state index contributed by atoms with van der Waals surface area (Å²) in [6, 6.07) is 3.59. The van der Waals surface area contributed by atoms with Crippen molar-refractivity contribution in [1.82, 2.24) is 5.32 Å². The molecule has 0 aliphatic heterocycles. The molecule has 0 aromatic carbocycles. The molecule has 0 aliphatic carbocycles. The SMILES string of the molecule is CC.Cc1ccc(C(=O)NCCC(=O)O)s1. The number of rotatable bonds is 4. The van der Waals surface area contributed by atoms with Gasteiger partial charge < -0.3 is 10.4 Å². The van der Waals surface area contributed by atoms with E-state index in [4.69, 9.17) is 5.11 Å². The molecule has 0 saturated heterocycles. The van der Waals surface area contributed by atoms with Gasteiger partial charge in [-0.15, -0.1) is 11.3 Å². The first kappa shape index (κ1) is 14.6. The molecule has 5 heteroatoms. The molecule has 16 heavy (non-hydrogen) atoms. The minimum absolute atomic E-state index is 0.0455. The van der Waals surface area contributed by atoms with Crippen LogP contribution in [0.1, 0.15) is 34.8 Å². The molecule has 1 rings (SSSR count). The zero-order valence-electron chi connectivity index (χ0n) is 9.74. The van der Waals surface area contributed by atoms with Crippen LogP contribution in [0.15, 0.2) is 12.1 Å². The van der Waals surface area contributed by atoms with Gasteiger partial charge in [-0.2, -0.15) is 0 Å². The van der Waals surface area contributed by atoms with Crippen molar-refractivity contribution < 1.29 is 14.7 Å². The van der Waals surface area contributed by atoms with Crippen molar-refractivity contribution in [3.8, 4) is 0 Å². The lowest BCUT2D eigenvalue weighted by Crippen LogP contribution is -2.25. The Labute approximate surface area is 99.3 Å². The first-order valence-electron chi connectivity index (χ1n) is 5.16. The van der Waals surface area contributed by atoms with Crippen molar-refractivity contribution in [2.75, 3.05) is 6.54 Å². The number of carboxylic acids is 1. The predicted molar refractivity (Wildman–Crippen MR) is 65.0 cm³/mol. The highest BCUT2D eigenvalue weighted by atomic mass is 32.1. The Kier molecular flexibility index (Phi) is 7.20. The average molecular weight is 243 g/mol. The number of carboxylic acid groups (broad SMARTS) is 1. The van der Waals surface area contributed by atoms with Crippen LogP contribution < -0.4 is 5.32 Å². The molecule has 0 saturated carbocycles. The zero-order chi connectivity index (χ0) is 12.6. The Hall–Kier alpha value is -1.36. The maximum absolute atomic E-state index is 11.3. The Morgan fingerprint density at radius 2 is 2.00 bits per heavy atom. The van der Waals surface area contributed by atoms with Gasteiger partial charge in [0.1, 0.15) is 0 Å². The maximum atomic E-state index is 11.3. The fourth-order valence-electron chi connectivity index (χ4n) is 0.927. The van der Waals surface area contributed by atoms with Crippen molar-refractivity contribution in [3.05, 3.63) is 21.9 Å². The Morgan fingerprint density at radius 1 is 1.38 bits per heavy atom. The van der Waals surface area contributed by atoms with Crippen LogP contribution in [-0.4, -0.2) is 23.5 Å². The first-order valence-corrected chi connectivity index (χ1v) is 5.97. The summed E-state index contributed by atoms with van der Waals surface area (Å²) in [5.41, 5.74) is 0. The molecule has 0 bridgehead atoms. The summed E-state index contributed by atoms with van der Waals surface area (Å²) < 4.78 is 0. The number of hydrogen-bond donors (Lipinski definition) is 2. The normalized spacial score (nSPS) is 8.94. The van der Waals surface area contributed by atoms with E-state index in [9.17, 15) is 9.59 Å². The highest BCUT2D eigenvalue weighted by molar-refractivity contribution is 7.13. The number of carbonyl (C=O) groups is 2. The molecule has 0 radical (unpaired) electrons. The molecular weight excluding hydrogens is 226 g/mol. The Bertz CT molecular complexity index is 347. The number of aliphatic carboxylic acids is 1. The Morgan fingerprint density at radius 3 is 2.44 bits per heavy atom. The number of nitrogens with one attached hydrogen (secondary N) is 1. The van der Waals surface area contributed by atoms with E-state index in [1.54, 1.807) is 6.07 Å². The monoisotopic (exact) mass is 243 g/mol.